The van der Waals surface area contributed by atoms with Crippen molar-refractivity contribution in [3.63, 3.8) is 0 Å². The molecule has 0 aliphatic carbocycles. The molecule has 0 atom stereocenters. The smallest absolute Gasteiger partial charge is 0.321 e. The molecule has 2 N–H and O–H groups in total. The van der Waals surface area contributed by atoms with Crippen LogP contribution in [0.15, 0.2) is 64.7 Å². The largest absolute Gasteiger partial charge is 0.375 e. The highest BCUT2D eigenvalue weighted by Crippen LogP contribution is 2.40. The molecule has 1 aliphatic heterocycles. The highest BCUT2D eigenvalue weighted by atomic mass is 35.5. The van der Waals surface area contributed by atoms with Crippen LogP contribution in [-0.4, -0.2) is 38.0 Å². The van der Waals surface area contributed by atoms with Gasteiger partial charge < -0.3 is 15.2 Å². The zero-order valence-electron chi connectivity index (χ0n) is 23.9. The first-order chi connectivity index (χ1) is 20.5. The molecule has 1 amide bonds. The van der Waals surface area contributed by atoms with Crippen molar-refractivity contribution >= 4 is 55.2 Å². The number of nitrogen functional groups attached to an aromatic ring is 1. The minimum absolute atomic E-state index is 0.0297. The van der Waals surface area contributed by atoms with Crippen LogP contribution in [0.3, 0.4) is 0 Å². The summed E-state index contributed by atoms with van der Waals surface area (Å²) in [5.74, 6) is -0.589. The monoisotopic (exact) mass is 617 g/mol. The minimum Gasteiger partial charge on any atom is -0.375 e. The van der Waals surface area contributed by atoms with Crippen LogP contribution in [0, 0.1) is 18.7 Å². The van der Waals surface area contributed by atoms with E-state index in [1.54, 1.807) is 23.1 Å². The number of benzene rings is 3. The van der Waals surface area contributed by atoms with Crippen LogP contribution in [0.2, 0.25) is 5.02 Å². The number of fused-ring (bicyclic) bond motifs is 2. The second-order valence-electron chi connectivity index (χ2n) is 11.2. The number of carbonyl (C=O) groups excluding carboxylic acids is 1. The number of anilines is 1. The maximum absolute atomic E-state index is 14.7. The number of rotatable bonds is 6. The van der Waals surface area contributed by atoms with Crippen molar-refractivity contribution in [3.05, 3.63) is 97.8 Å². The first-order valence-electron chi connectivity index (χ1n) is 13.8. The highest BCUT2D eigenvalue weighted by molar-refractivity contribution is 7.22. The van der Waals surface area contributed by atoms with Crippen LogP contribution in [0.1, 0.15) is 30.9 Å². The Morgan fingerprint density at radius 3 is 2.60 bits per heavy atom. The van der Waals surface area contributed by atoms with E-state index >= 15 is 0 Å². The van der Waals surface area contributed by atoms with Crippen LogP contribution in [0.4, 0.5) is 9.52 Å². The number of nitrogens with two attached hydrogens (primary N) is 1. The summed E-state index contributed by atoms with van der Waals surface area (Å²) in [7, 11) is 0. The number of amides is 1. The Morgan fingerprint density at radius 2 is 1.91 bits per heavy atom. The number of aryl methyl sites for hydroxylation is 1. The van der Waals surface area contributed by atoms with E-state index in [-0.39, 0.29) is 29.4 Å². The first-order valence-corrected chi connectivity index (χ1v) is 15.0. The molecule has 0 unspecified atom stereocenters. The van der Waals surface area contributed by atoms with Crippen molar-refractivity contribution < 1.29 is 9.18 Å². The average molecular weight is 618 g/mol. The van der Waals surface area contributed by atoms with E-state index < -0.39 is 16.9 Å². The van der Waals surface area contributed by atoms with Gasteiger partial charge in [-0.25, -0.2) is 9.37 Å². The van der Waals surface area contributed by atoms with Crippen molar-refractivity contribution in [3.8, 4) is 16.8 Å². The van der Waals surface area contributed by atoms with E-state index in [1.165, 1.54) is 21.3 Å². The Bertz CT molecular complexity index is 2090. The highest BCUT2D eigenvalue weighted by Gasteiger charge is 2.31. The molecule has 1 saturated heterocycles. The predicted octanol–water partition coefficient (Wildman–Crippen LogP) is 5.88. The van der Waals surface area contributed by atoms with Crippen molar-refractivity contribution in [1.29, 1.82) is 0 Å². The second kappa shape index (κ2) is 10.8. The standard InChI is InChI=1S/C32H29ClFN5O3S/c1-5-26(40)37-13-18(14-37)15-38-24-12-22(33)21(20-9-10-23(34)29-27(20)36-32(35)43-29)11-25(24)39(31(42)30(38)41)28-17(4)7-6-8-19(28)16(2)3/h5-12,16,18H,1,13-15H2,2-4H3,(H2,35,36). The summed E-state index contributed by atoms with van der Waals surface area (Å²) in [6, 6.07) is 12.2. The fraction of sp³-hybridized carbons (Fsp3) is 0.250. The minimum atomic E-state index is -0.697. The molecule has 43 heavy (non-hydrogen) atoms. The van der Waals surface area contributed by atoms with E-state index in [0.717, 1.165) is 22.5 Å². The molecule has 0 bridgehead atoms. The number of hydrogen-bond acceptors (Lipinski definition) is 6. The molecule has 3 heterocycles. The Kier molecular flexibility index (Phi) is 7.22. The maximum atomic E-state index is 14.7. The molecule has 11 heteroatoms. The second-order valence-corrected chi connectivity index (χ2v) is 12.6. The van der Waals surface area contributed by atoms with Crippen molar-refractivity contribution in [2.45, 2.75) is 33.2 Å². The topological polar surface area (TPSA) is 103 Å². The fourth-order valence-electron chi connectivity index (χ4n) is 5.90. The van der Waals surface area contributed by atoms with Crippen LogP contribution >= 0.6 is 22.9 Å². The molecule has 2 aromatic heterocycles. The summed E-state index contributed by atoms with van der Waals surface area (Å²) in [5, 5.41) is 0.520. The van der Waals surface area contributed by atoms with E-state index in [4.69, 9.17) is 17.3 Å². The summed E-state index contributed by atoms with van der Waals surface area (Å²) in [4.78, 5) is 45.9. The predicted molar refractivity (Wildman–Crippen MR) is 171 cm³/mol. The van der Waals surface area contributed by atoms with Gasteiger partial charge in [0.15, 0.2) is 5.13 Å². The molecule has 6 rings (SSSR count). The lowest BCUT2D eigenvalue weighted by molar-refractivity contribution is -0.132. The van der Waals surface area contributed by atoms with Gasteiger partial charge in [-0.2, -0.15) is 0 Å². The lowest BCUT2D eigenvalue weighted by Crippen LogP contribution is -2.52. The molecule has 0 radical (unpaired) electrons. The lowest BCUT2D eigenvalue weighted by Gasteiger charge is -2.39. The molecule has 8 nitrogen and oxygen atoms in total. The number of halogens is 2. The van der Waals surface area contributed by atoms with Gasteiger partial charge in [0, 0.05) is 36.7 Å². The Hall–Kier alpha value is -4.28. The van der Waals surface area contributed by atoms with Crippen LogP contribution in [0.25, 0.3) is 38.1 Å². The van der Waals surface area contributed by atoms with E-state index in [0.29, 0.717) is 56.2 Å². The summed E-state index contributed by atoms with van der Waals surface area (Å²) >= 11 is 7.96. The molecule has 5 aromatic rings. The van der Waals surface area contributed by atoms with E-state index in [9.17, 15) is 18.8 Å². The third-order valence-corrected chi connectivity index (χ3v) is 9.23. The number of likely N-dealkylation sites (tertiary alicyclic amines) is 1. The van der Waals surface area contributed by atoms with Gasteiger partial charge in [0.25, 0.3) is 0 Å². The Labute approximate surface area is 255 Å². The number of thiazole rings is 1. The molecule has 1 fully saturated rings. The number of hydrogen-bond donors (Lipinski definition) is 1. The van der Waals surface area contributed by atoms with Gasteiger partial charge in [-0.3, -0.25) is 19.0 Å². The third kappa shape index (κ3) is 4.74. The van der Waals surface area contributed by atoms with Crippen LogP contribution < -0.4 is 16.9 Å². The van der Waals surface area contributed by atoms with Gasteiger partial charge >= 0.3 is 11.1 Å². The molecule has 0 spiro atoms. The van der Waals surface area contributed by atoms with Crippen molar-refractivity contribution in [2.75, 3.05) is 18.8 Å². The Morgan fingerprint density at radius 1 is 1.16 bits per heavy atom. The first kappa shape index (κ1) is 28.8. The number of para-hydroxylation sites is 1. The molecular formula is C32H29ClFN5O3S. The normalized spacial score (nSPS) is 13.7. The van der Waals surface area contributed by atoms with E-state index in [2.05, 4.69) is 11.6 Å². The molecule has 1 aliphatic rings. The lowest BCUT2D eigenvalue weighted by atomic mass is 9.97. The van der Waals surface area contributed by atoms with Gasteiger partial charge in [0.1, 0.15) is 5.82 Å². The van der Waals surface area contributed by atoms with Crippen molar-refractivity contribution in [2.24, 2.45) is 5.92 Å². The molecular weight excluding hydrogens is 589 g/mol. The summed E-state index contributed by atoms with van der Waals surface area (Å²) in [6.07, 6.45) is 1.26. The zero-order valence-corrected chi connectivity index (χ0v) is 25.4. The SMILES string of the molecule is C=CC(=O)N1CC(Cn2c(=O)c(=O)n(-c3c(C)cccc3C(C)C)c3cc(-c4ccc(F)c5sc(N)nc45)c(Cl)cc32)C1. The summed E-state index contributed by atoms with van der Waals surface area (Å²) in [6.45, 7) is 10.6. The van der Waals surface area contributed by atoms with Gasteiger partial charge in [-0.1, -0.05) is 61.6 Å². The maximum Gasteiger partial charge on any atom is 0.321 e. The Balaban J connectivity index is 1.65. The summed E-state index contributed by atoms with van der Waals surface area (Å²) in [5.41, 5.74) is 9.34. The molecule has 220 valence electrons. The van der Waals surface area contributed by atoms with E-state index in [1.807, 2.05) is 39.0 Å². The van der Waals surface area contributed by atoms with Gasteiger partial charge in [0.05, 0.1) is 32.0 Å². The average Bonchev–Trinajstić information content (AvgIpc) is 3.35. The number of carbonyl (C=O) groups is 1. The van der Waals surface area contributed by atoms with Gasteiger partial charge in [-0.15, -0.1) is 0 Å². The van der Waals surface area contributed by atoms with Gasteiger partial charge in [-0.05, 0) is 54.3 Å². The number of aromatic nitrogens is 3. The summed E-state index contributed by atoms with van der Waals surface area (Å²) < 4.78 is 17.9. The van der Waals surface area contributed by atoms with Crippen LogP contribution in [-0.2, 0) is 11.3 Å². The third-order valence-electron chi connectivity index (χ3n) is 8.03. The number of nitrogens with zero attached hydrogens (tertiary/aromatic N) is 4. The quantitative estimate of drug-likeness (QED) is 0.189. The van der Waals surface area contributed by atoms with Gasteiger partial charge in [0.2, 0.25) is 5.91 Å². The molecule has 0 saturated carbocycles. The fourth-order valence-corrected chi connectivity index (χ4v) is 6.92. The van der Waals surface area contributed by atoms with Crippen LogP contribution in [0.5, 0.6) is 0 Å². The van der Waals surface area contributed by atoms with Crippen molar-refractivity contribution in [1.82, 2.24) is 19.0 Å². The molecule has 3 aromatic carbocycles. The zero-order chi connectivity index (χ0) is 30.7.